The van der Waals surface area contributed by atoms with Crippen molar-refractivity contribution in [3.8, 4) is 5.75 Å². The number of fused-ring (bicyclic) bond motifs is 1. The maximum absolute atomic E-state index is 14.1. The Morgan fingerprint density at radius 3 is 2.71 bits per heavy atom. The maximum atomic E-state index is 14.1. The van der Waals surface area contributed by atoms with Crippen molar-refractivity contribution in [3.05, 3.63) is 65.2 Å². The smallest absolute Gasteiger partial charge is 0.416 e. The highest BCUT2D eigenvalue weighted by Gasteiger charge is 2.38. The van der Waals surface area contributed by atoms with Crippen LogP contribution in [0.25, 0.3) is 0 Å². The third kappa shape index (κ3) is 7.22. The molecule has 1 aliphatic rings. The lowest BCUT2D eigenvalue weighted by molar-refractivity contribution is -0.143. The number of halogens is 3. The number of carbonyl (C=O) groups excluding carboxylic acids is 1. The molecule has 0 amide bonds. The SMILES string of the molecule is CCOC(=O)CC(CCc1cn(CC)nn1)c1ccc(C(F)(F)F)c(CN2C[C@@H](C)Oc3ccncc3S2(=O)=O)c1. The van der Waals surface area contributed by atoms with Crippen LogP contribution in [0.4, 0.5) is 13.2 Å². The molecule has 1 unspecified atom stereocenters. The Kier molecular flexibility index (Phi) is 9.32. The van der Waals surface area contributed by atoms with Crippen molar-refractivity contribution in [3.63, 3.8) is 0 Å². The van der Waals surface area contributed by atoms with E-state index in [2.05, 4.69) is 15.3 Å². The van der Waals surface area contributed by atoms with Crippen LogP contribution in [-0.4, -0.2) is 57.9 Å². The minimum Gasteiger partial charge on any atom is -0.488 e. The summed E-state index contributed by atoms with van der Waals surface area (Å²) in [5.74, 6) is -0.898. The van der Waals surface area contributed by atoms with E-state index in [1.165, 1.54) is 24.4 Å². The molecule has 14 heteroatoms. The highest BCUT2D eigenvalue weighted by molar-refractivity contribution is 7.89. The fraction of sp³-hybridized carbons (Fsp3) is 0.481. The minimum atomic E-state index is -4.74. The van der Waals surface area contributed by atoms with Crippen molar-refractivity contribution in [2.75, 3.05) is 13.2 Å². The number of benzene rings is 1. The summed E-state index contributed by atoms with van der Waals surface area (Å²) in [5.41, 5.74) is -0.0439. The topological polar surface area (TPSA) is 117 Å². The maximum Gasteiger partial charge on any atom is 0.416 e. The molecule has 0 saturated carbocycles. The largest absolute Gasteiger partial charge is 0.488 e. The van der Waals surface area contributed by atoms with Gasteiger partial charge < -0.3 is 9.47 Å². The number of sulfonamides is 1. The van der Waals surface area contributed by atoms with E-state index >= 15 is 0 Å². The van der Waals surface area contributed by atoms with E-state index in [-0.39, 0.29) is 35.8 Å². The van der Waals surface area contributed by atoms with Crippen LogP contribution in [0.2, 0.25) is 0 Å². The molecule has 41 heavy (non-hydrogen) atoms. The Labute approximate surface area is 236 Å². The number of alkyl halides is 3. The fourth-order valence-corrected chi connectivity index (χ4v) is 6.35. The lowest BCUT2D eigenvalue weighted by atomic mass is 9.88. The van der Waals surface area contributed by atoms with Crippen LogP contribution in [0.1, 0.15) is 61.9 Å². The van der Waals surface area contributed by atoms with Crippen LogP contribution < -0.4 is 4.74 Å². The number of aromatic nitrogens is 4. The van der Waals surface area contributed by atoms with Gasteiger partial charge in [0.25, 0.3) is 0 Å². The van der Waals surface area contributed by atoms with Gasteiger partial charge in [0, 0.05) is 25.5 Å². The quantitative estimate of drug-likeness (QED) is 0.318. The number of aryl methyl sites for hydroxylation is 2. The summed E-state index contributed by atoms with van der Waals surface area (Å²) in [5, 5.41) is 8.13. The van der Waals surface area contributed by atoms with Gasteiger partial charge in [0.05, 0.1) is 37.0 Å². The standard InChI is InChI=1S/C27H32F3N5O5S/c1-4-34-17-22(32-33-34)8-6-20(13-26(36)39-5-2)19-7-9-23(27(28,29)30)21(12-19)16-35-15-18(3)40-24-10-11-31-14-25(24)41(35,37)38/h7,9-12,14,17-18,20H,4-6,8,13,15-16H2,1-3H3/t18-,20?/m1/s1. The molecule has 0 N–H and O–H groups in total. The third-order valence-electron chi connectivity index (χ3n) is 6.78. The molecule has 0 bridgehead atoms. The van der Waals surface area contributed by atoms with Gasteiger partial charge >= 0.3 is 12.1 Å². The molecule has 1 aromatic carbocycles. The number of ether oxygens (including phenoxy) is 2. The van der Waals surface area contributed by atoms with E-state index < -0.39 is 46.3 Å². The Morgan fingerprint density at radius 1 is 1.24 bits per heavy atom. The Balaban J connectivity index is 1.71. The second-order valence-electron chi connectivity index (χ2n) is 9.77. The summed E-state index contributed by atoms with van der Waals surface area (Å²) < 4.78 is 82.9. The number of nitrogens with zero attached hydrogens (tertiary/aromatic N) is 5. The van der Waals surface area contributed by atoms with Gasteiger partial charge in [-0.25, -0.2) is 8.42 Å². The predicted molar refractivity (Wildman–Crippen MR) is 141 cm³/mol. The van der Waals surface area contributed by atoms with Gasteiger partial charge in [0.15, 0.2) is 0 Å². The molecule has 10 nitrogen and oxygen atoms in total. The van der Waals surface area contributed by atoms with Crippen LogP contribution >= 0.6 is 0 Å². The lowest BCUT2D eigenvalue weighted by Crippen LogP contribution is -2.36. The van der Waals surface area contributed by atoms with Crippen LogP contribution in [0.15, 0.2) is 47.8 Å². The van der Waals surface area contributed by atoms with Crippen molar-refractivity contribution >= 4 is 16.0 Å². The zero-order chi connectivity index (χ0) is 29.8. The van der Waals surface area contributed by atoms with E-state index in [0.29, 0.717) is 30.6 Å². The van der Waals surface area contributed by atoms with Gasteiger partial charge in [-0.1, -0.05) is 17.3 Å². The normalized spacial score (nSPS) is 17.8. The van der Waals surface area contributed by atoms with Crippen LogP contribution in [-0.2, 0) is 45.2 Å². The minimum absolute atomic E-state index is 0.0630. The zero-order valence-electron chi connectivity index (χ0n) is 23.0. The van der Waals surface area contributed by atoms with Gasteiger partial charge in [-0.2, -0.15) is 17.5 Å². The van der Waals surface area contributed by atoms with Gasteiger partial charge in [-0.15, -0.1) is 5.10 Å². The van der Waals surface area contributed by atoms with Crippen LogP contribution in [0, 0.1) is 0 Å². The summed E-state index contributed by atoms with van der Waals surface area (Å²) in [4.78, 5) is 16.1. The van der Waals surface area contributed by atoms with Gasteiger partial charge in [-0.3, -0.25) is 14.5 Å². The molecular weight excluding hydrogens is 563 g/mol. The van der Waals surface area contributed by atoms with E-state index in [4.69, 9.17) is 9.47 Å². The predicted octanol–water partition coefficient (Wildman–Crippen LogP) is 4.35. The molecule has 0 radical (unpaired) electrons. The van der Waals surface area contributed by atoms with E-state index in [9.17, 15) is 26.4 Å². The summed E-state index contributed by atoms with van der Waals surface area (Å²) >= 11 is 0. The number of carbonyl (C=O) groups is 1. The summed E-state index contributed by atoms with van der Waals surface area (Å²) in [6.07, 6.45) is -0.321. The lowest BCUT2D eigenvalue weighted by Gasteiger charge is -2.25. The molecular formula is C27H32F3N5O5S. The second-order valence-corrected chi connectivity index (χ2v) is 11.7. The first-order valence-corrected chi connectivity index (χ1v) is 14.7. The molecule has 0 spiro atoms. The average Bonchev–Trinajstić information content (AvgIpc) is 3.35. The van der Waals surface area contributed by atoms with Crippen molar-refractivity contribution in [1.82, 2.24) is 24.3 Å². The average molecular weight is 596 g/mol. The summed E-state index contributed by atoms with van der Waals surface area (Å²) in [7, 11) is -4.23. The molecule has 3 aromatic rings. The number of hydrogen-bond donors (Lipinski definition) is 0. The van der Waals surface area contributed by atoms with E-state index in [1.807, 2.05) is 6.92 Å². The number of hydrogen-bond acceptors (Lipinski definition) is 8. The van der Waals surface area contributed by atoms with Gasteiger partial charge in [0.2, 0.25) is 10.0 Å². The van der Waals surface area contributed by atoms with Crippen LogP contribution in [0.3, 0.4) is 0 Å². The molecule has 1 aliphatic heterocycles. The van der Waals surface area contributed by atoms with Crippen molar-refractivity contribution < 1.29 is 35.9 Å². The molecule has 0 fully saturated rings. The Hall–Kier alpha value is -3.52. The molecule has 2 atom stereocenters. The Bertz CT molecular complexity index is 1480. The zero-order valence-corrected chi connectivity index (χ0v) is 23.8. The van der Waals surface area contributed by atoms with Crippen molar-refractivity contribution in [2.45, 2.75) is 76.2 Å². The van der Waals surface area contributed by atoms with Crippen molar-refractivity contribution in [1.29, 1.82) is 0 Å². The number of esters is 1. The van der Waals surface area contributed by atoms with Gasteiger partial charge in [0.1, 0.15) is 16.7 Å². The first-order chi connectivity index (χ1) is 19.4. The number of pyridine rings is 1. The highest BCUT2D eigenvalue weighted by atomic mass is 32.2. The Morgan fingerprint density at radius 2 is 2.02 bits per heavy atom. The summed E-state index contributed by atoms with van der Waals surface area (Å²) in [6.45, 7) is 5.30. The van der Waals surface area contributed by atoms with Crippen LogP contribution in [0.5, 0.6) is 5.75 Å². The molecule has 2 aromatic heterocycles. The fourth-order valence-electron chi connectivity index (χ4n) is 4.79. The first-order valence-electron chi connectivity index (χ1n) is 13.3. The molecule has 222 valence electrons. The highest BCUT2D eigenvalue weighted by Crippen LogP contribution is 2.38. The molecule has 0 aliphatic carbocycles. The summed E-state index contributed by atoms with van der Waals surface area (Å²) in [6, 6.07) is 5.02. The van der Waals surface area contributed by atoms with Crippen molar-refractivity contribution in [2.24, 2.45) is 0 Å². The van der Waals surface area contributed by atoms with E-state index in [1.54, 1.807) is 24.7 Å². The first kappa shape index (κ1) is 30.4. The number of rotatable bonds is 10. The molecule has 3 heterocycles. The second kappa shape index (κ2) is 12.6. The third-order valence-corrected chi connectivity index (χ3v) is 8.60. The van der Waals surface area contributed by atoms with E-state index in [0.717, 1.165) is 16.6 Å². The monoisotopic (exact) mass is 595 g/mol. The molecule has 0 saturated heterocycles. The molecule has 4 rings (SSSR count). The van der Waals surface area contributed by atoms with Gasteiger partial charge in [-0.05, 0) is 62.8 Å².